The average Bonchev–Trinajstić information content (AvgIpc) is 2.97. The molecule has 0 unspecified atom stereocenters. The zero-order valence-corrected chi connectivity index (χ0v) is 17.8. The lowest BCUT2D eigenvalue weighted by molar-refractivity contribution is -0.120. The van der Waals surface area contributed by atoms with Crippen LogP contribution in [-0.2, 0) is 11.3 Å². The number of methoxy groups -OCH3 is 1. The van der Waals surface area contributed by atoms with Gasteiger partial charge in [0.05, 0.1) is 23.9 Å². The van der Waals surface area contributed by atoms with Gasteiger partial charge in [-0.05, 0) is 35.9 Å². The first kappa shape index (κ1) is 20.7. The first-order valence-corrected chi connectivity index (χ1v) is 10.1. The van der Waals surface area contributed by atoms with Gasteiger partial charge in [0.25, 0.3) is 5.56 Å². The monoisotopic (exact) mass is 408 g/mol. The highest BCUT2D eigenvalue weighted by molar-refractivity contribution is 7.07. The smallest absolute Gasteiger partial charge is 0.269 e. The van der Waals surface area contributed by atoms with Crippen LogP contribution in [0.4, 0.5) is 0 Å². The molecule has 2 aromatic heterocycles. The Morgan fingerprint density at radius 3 is 2.66 bits per heavy atom. The Morgan fingerprint density at radius 1 is 1.21 bits per heavy atom. The number of nitrogens with zero attached hydrogens (tertiary/aromatic N) is 2. The van der Waals surface area contributed by atoms with Gasteiger partial charge in [0, 0.05) is 17.7 Å². The van der Waals surface area contributed by atoms with Crippen LogP contribution < -0.4 is 19.5 Å². The molecule has 0 radical (unpaired) electrons. The van der Waals surface area contributed by atoms with Crippen molar-refractivity contribution in [1.82, 2.24) is 9.55 Å². The summed E-state index contributed by atoms with van der Waals surface area (Å²) in [5.41, 5.74) is 0.960. The summed E-state index contributed by atoms with van der Waals surface area (Å²) in [6.07, 6.45) is 5.01. The van der Waals surface area contributed by atoms with Crippen molar-refractivity contribution in [2.75, 3.05) is 7.11 Å². The Kier molecular flexibility index (Phi) is 6.13. The number of carbonyl (C=O) groups excluding carboxylic acids is 1. The molecule has 0 saturated carbocycles. The number of rotatable bonds is 5. The molecule has 6 heteroatoms. The molecular formula is C23H24N2O3S. The molecule has 0 amide bonds. The van der Waals surface area contributed by atoms with Crippen molar-refractivity contribution in [3.05, 3.63) is 79.5 Å². The summed E-state index contributed by atoms with van der Waals surface area (Å²) in [7, 11) is 1.61. The zero-order chi connectivity index (χ0) is 21.0. The molecule has 0 bridgehead atoms. The second-order valence-electron chi connectivity index (χ2n) is 7.70. The summed E-state index contributed by atoms with van der Waals surface area (Å²) in [6, 6.07) is 13.1. The summed E-state index contributed by atoms with van der Waals surface area (Å²) in [6.45, 7) is 5.95. The van der Waals surface area contributed by atoms with Crippen molar-refractivity contribution in [2.45, 2.75) is 27.3 Å². The number of hydrogen-bond donors (Lipinski definition) is 0. The minimum atomic E-state index is -0.522. The maximum absolute atomic E-state index is 13.1. The Morgan fingerprint density at radius 2 is 2.00 bits per heavy atom. The molecule has 0 aliphatic heterocycles. The van der Waals surface area contributed by atoms with E-state index >= 15 is 0 Å². The maximum Gasteiger partial charge on any atom is 0.269 e. The van der Waals surface area contributed by atoms with E-state index in [4.69, 9.17) is 4.74 Å². The summed E-state index contributed by atoms with van der Waals surface area (Å²) in [4.78, 5) is 30.0. The van der Waals surface area contributed by atoms with E-state index in [0.717, 1.165) is 11.3 Å². The molecule has 150 valence electrons. The van der Waals surface area contributed by atoms with Crippen molar-refractivity contribution < 1.29 is 9.53 Å². The SMILES string of the molecule is COc1cccc(Cn2c(=O)/c(=C\c3ccccn3)s/c2=C\C(=O)C(C)(C)C)c1. The van der Waals surface area contributed by atoms with Crippen molar-refractivity contribution in [2.24, 2.45) is 5.41 Å². The van der Waals surface area contributed by atoms with Gasteiger partial charge in [-0.3, -0.25) is 19.1 Å². The Hall–Kier alpha value is -2.99. The summed E-state index contributed by atoms with van der Waals surface area (Å²) < 4.78 is 8.09. The first-order valence-electron chi connectivity index (χ1n) is 9.29. The lowest BCUT2D eigenvalue weighted by atomic mass is 9.91. The molecule has 29 heavy (non-hydrogen) atoms. The van der Waals surface area contributed by atoms with Crippen LogP contribution in [-0.4, -0.2) is 22.4 Å². The Balaban J connectivity index is 2.17. The average molecular weight is 409 g/mol. The number of benzene rings is 1. The van der Waals surface area contributed by atoms with Crippen LogP contribution >= 0.6 is 11.3 Å². The van der Waals surface area contributed by atoms with Gasteiger partial charge in [0.1, 0.15) is 10.4 Å². The number of pyridine rings is 1. The van der Waals surface area contributed by atoms with Crippen molar-refractivity contribution in [1.29, 1.82) is 0 Å². The summed E-state index contributed by atoms with van der Waals surface area (Å²) in [5.74, 6) is 0.699. The van der Waals surface area contributed by atoms with Crippen LogP contribution in [0.15, 0.2) is 53.5 Å². The Labute approximate surface area is 173 Å². The number of aromatic nitrogens is 2. The van der Waals surface area contributed by atoms with Gasteiger partial charge in [-0.15, -0.1) is 11.3 Å². The van der Waals surface area contributed by atoms with Gasteiger partial charge in [-0.25, -0.2) is 0 Å². The lowest BCUT2D eigenvalue weighted by Gasteiger charge is -2.13. The lowest BCUT2D eigenvalue weighted by Crippen LogP contribution is -2.32. The van der Waals surface area contributed by atoms with E-state index in [1.807, 2.05) is 63.2 Å². The predicted molar refractivity (Wildman–Crippen MR) is 117 cm³/mol. The van der Waals surface area contributed by atoms with E-state index in [1.54, 1.807) is 30.0 Å². The number of thiazole rings is 1. The molecular weight excluding hydrogens is 384 g/mol. The minimum Gasteiger partial charge on any atom is -0.497 e. The fourth-order valence-corrected chi connectivity index (χ4v) is 3.70. The van der Waals surface area contributed by atoms with Crippen molar-refractivity contribution in [3.63, 3.8) is 0 Å². The van der Waals surface area contributed by atoms with Gasteiger partial charge in [0.15, 0.2) is 5.78 Å². The van der Waals surface area contributed by atoms with E-state index in [1.165, 1.54) is 11.3 Å². The van der Waals surface area contributed by atoms with E-state index in [2.05, 4.69) is 4.98 Å². The molecule has 0 fully saturated rings. The second kappa shape index (κ2) is 8.57. The molecule has 3 rings (SSSR count). The topological polar surface area (TPSA) is 61.2 Å². The number of Topliss-reactive ketones (excluding diaryl/α,β-unsaturated/α-hetero) is 1. The zero-order valence-electron chi connectivity index (χ0n) is 17.0. The third-order valence-electron chi connectivity index (χ3n) is 4.37. The van der Waals surface area contributed by atoms with Crippen LogP contribution in [0.5, 0.6) is 5.75 Å². The van der Waals surface area contributed by atoms with Gasteiger partial charge < -0.3 is 4.74 Å². The first-order chi connectivity index (χ1) is 13.8. The number of ketones is 1. The van der Waals surface area contributed by atoms with E-state index in [-0.39, 0.29) is 11.3 Å². The molecule has 0 aliphatic carbocycles. The molecule has 2 heterocycles. The van der Waals surface area contributed by atoms with Crippen LogP contribution in [0, 0.1) is 5.41 Å². The quantitative estimate of drug-likeness (QED) is 0.651. The summed E-state index contributed by atoms with van der Waals surface area (Å²) >= 11 is 1.30. The Bertz CT molecular complexity index is 1190. The highest BCUT2D eigenvalue weighted by Gasteiger charge is 2.19. The molecule has 0 aliphatic rings. The third-order valence-corrected chi connectivity index (χ3v) is 5.43. The normalized spacial score (nSPS) is 13.0. The predicted octanol–water partition coefficient (Wildman–Crippen LogP) is 2.59. The van der Waals surface area contributed by atoms with Crippen LogP contribution in [0.3, 0.4) is 0 Å². The van der Waals surface area contributed by atoms with Crippen molar-refractivity contribution >= 4 is 29.3 Å². The summed E-state index contributed by atoms with van der Waals surface area (Å²) in [5, 5.41) is 0. The maximum atomic E-state index is 13.1. The second-order valence-corrected chi connectivity index (χ2v) is 8.77. The standard InChI is InChI=1S/C23H24N2O3S/c1-23(2,3)20(26)14-21-25(15-16-8-7-10-18(12-16)28-4)22(27)19(29-21)13-17-9-5-6-11-24-17/h5-14H,15H2,1-4H3/b19-13+,21-14-. The number of carbonyl (C=O) groups is 1. The molecule has 0 N–H and O–H groups in total. The van der Waals surface area contributed by atoms with E-state index in [0.29, 0.717) is 21.4 Å². The fourth-order valence-electron chi connectivity index (χ4n) is 2.67. The van der Waals surface area contributed by atoms with Crippen LogP contribution in [0.25, 0.3) is 12.2 Å². The highest BCUT2D eigenvalue weighted by atomic mass is 32.1. The van der Waals surface area contributed by atoms with Crippen LogP contribution in [0.2, 0.25) is 0 Å². The van der Waals surface area contributed by atoms with E-state index in [9.17, 15) is 9.59 Å². The largest absolute Gasteiger partial charge is 0.497 e. The molecule has 0 atom stereocenters. The van der Waals surface area contributed by atoms with Gasteiger partial charge >= 0.3 is 0 Å². The number of hydrogen-bond acceptors (Lipinski definition) is 5. The van der Waals surface area contributed by atoms with E-state index < -0.39 is 5.41 Å². The van der Waals surface area contributed by atoms with Gasteiger partial charge in [0.2, 0.25) is 0 Å². The molecule has 0 spiro atoms. The van der Waals surface area contributed by atoms with Crippen LogP contribution in [0.1, 0.15) is 32.0 Å². The van der Waals surface area contributed by atoms with Gasteiger partial charge in [-0.2, -0.15) is 0 Å². The van der Waals surface area contributed by atoms with Gasteiger partial charge in [-0.1, -0.05) is 39.0 Å². The molecule has 5 nitrogen and oxygen atoms in total. The highest BCUT2D eigenvalue weighted by Crippen LogP contribution is 2.15. The van der Waals surface area contributed by atoms with Crippen molar-refractivity contribution in [3.8, 4) is 5.75 Å². The molecule has 3 aromatic rings. The molecule has 1 aromatic carbocycles. The minimum absolute atomic E-state index is 0.0254. The fraction of sp³-hybridized carbons (Fsp3) is 0.261. The molecule has 0 saturated heterocycles. The number of ether oxygens (including phenoxy) is 1. The third kappa shape index (κ3) is 5.09.